The third-order valence-electron chi connectivity index (χ3n) is 12.5. The van der Waals surface area contributed by atoms with E-state index in [9.17, 15) is 29.1 Å². The van der Waals surface area contributed by atoms with E-state index in [1.54, 1.807) is 66.6 Å². The SMILES string of the molecule is C=C1NCC(=O)N[C@@H]([C@@H](O)c2ccccc2)c2nc(cs2)-c2nc(cs2)-c2nc(-c3nc(NC(=O)OCCCN)cs3)ccc2-c2nc(cs2)C(=O)N[C@@H](CC(=O)NC)c2nc(c(C)s2)C(=O)C[C@H](C(C)C)c2nc1c(COC)s2. The number of amides is 4. The van der Waals surface area contributed by atoms with Gasteiger partial charge in [-0.3, -0.25) is 24.5 Å². The normalized spacial score (nSPS) is 16.6. The molecule has 8 heterocycles. The highest BCUT2D eigenvalue weighted by atomic mass is 32.1. The van der Waals surface area contributed by atoms with E-state index in [2.05, 4.69) is 38.1 Å². The molecule has 0 saturated carbocycles. The molecule has 0 fully saturated rings. The summed E-state index contributed by atoms with van der Waals surface area (Å²) < 4.78 is 10.8. The van der Waals surface area contributed by atoms with Gasteiger partial charge in [-0.1, -0.05) is 50.8 Å². The van der Waals surface area contributed by atoms with Crippen LogP contribution in [0, 0.1) is 12.8 Å². The second-order valence-corrected chi connectivity index (χ2v) is 24.3. The van der Waals surface area contributed by atoms with Gasteiger partial charge in [-0.15, -0.1) is 68.0 Å². The van der Waals surface area contributed by atoms with Gasteiger partial charge in [-0.25, -0.2) is 39.7 Å². The summed E-state index contributed by atoms with van der Waals surface area (Å²) in [7, 11) is 3.07. The number of nitrogens with two attached hydrogens (primary N) is 1. The molecule has 0 unspecified atom stereocenters. The van der Waals surface area contributed by atoms with Crippen LogP contribution >= 0.6 is 68.0 Å². The number of ether oxygens (including phenoxy) is 2. The monoisotopic (exact) mass is 1190 g/mol. The third kappa shape index (κ3) is 13.4. The first kappa shape index (κ1) is 57.6. The number of hydrogen-bond acceptors (Lipinski definition) is 23. The Labute approximate surface area is 483 Å². The predicted molar refractivity (Wildman–Crippen MR) is 312 cm³/mol. The van der Waals surface area contributed by atoms with Gasteiger partial charge in [0.1, 0.15) is 77.2 Å². The number of pyridine rings is 1. The summed E-state index contributed by atoms with van der Waals surface area (Å²) in [5.41, 5.74) is 9.53. The highest BCUT2D eigenvalue weighted by Gasteiger charge is 2.32. The molecule has 27 heteroatoms. The van der Waals surface area contributed by atoms with Crippen LogP contribution < -0.4 is 32.3 Å². The van der Waals surface area contributed by atoms with Crippen LogP contribution in [0.3, 0.4) is 0 Å². The molecule has 80 heavy (non-hydrogen) atoms. The Bertz CT molecular complexity index is 3550. The van der Waals surface area contributed by atoms with Crippen LogP contribution in [0.5, 0.6) is 0 Å². The Morgan fingerprint density at radius 1 is 0.812 bits per heavy atom. The summed E-state index contributed by atoms with van der Waals surface area (Å²) in [4.78, 5) is 104. The van der Waals surface area contributed by atoms with Gasteiger partial charge < -0.3 is 41.6 Å². The maximum atomic E-state index is 14.4. The number of nitrogens with one attached hydrogen (secondary N) is 5. The zero-order valence-corrected chi connectivity index (χ0v) is 48.8. The first-order valence-electron chi connectivity index (χ1n) is 25.1. The van der Waals surface area contributed by atoms with Crippen molar-refractivity contribution in [2.45, 2.75) is 70.7 Å². The first-order valence-corrected chi connectivity index (χ1v) is 30.2. The smallest absolute Gasteiger partial charge is 0.412 e. The van der Waals surface area contributed by atoms with Gasteiger partial charge in [0, 0.05) is 58.5 Å². The average molecular weight is 1190 g/mol. The number of aryl methyl sites for hydroxylation is 1. The number of fused-ring (bicyclic) bond motifs is 14. The molecule has 0 radical (unpaired) electrons. The largest absolute Gasteiger partial charge is 0.449 e. The number of methoxy groups -OCH3 is 1. The summed E-state index contributed by atoms with van der Waals surface area (Å²) in [6, 6.07) is 10.6. The molecule has 4 atom stereocenters. The van der Waals surface area contributed by atoms with Gasteiger partial charge >= 0.3 is 6.09 Å². The highest BCUT2D eigenvalue weighted by molar-refractivity contribution is 7.15. The molecule has 1 aliphatic heterocycles. The molecular weight excluding hydrogens is 1140 g/mol. The number of ketones is 1. The van der Waals surface area contributed by atoms with E-state index in [0.29, 0.717) is 93.2 Å². The van der Waals surface area contributed by atoms with Crippen molar-refractivity contribution >= 4 is 109 Å². The summed E-state index contributed by atoms with van der Waals surface area (Å²) in [6.07, 6.45) is -1.48. The van der Waals surface area contributed by atoms with Gasteiger partial charge in [0.05, 0.1) is 53.5 Å². The number of aliphatic hydroxyl groups is 1. The Hall–Kier alpha value is -7.08. The van der Waals surface area contributed by atoms with Crippen molar-refractivity contribution in [3.05, 3.63) is 118 Å². The molecule has 1 aliphatic rings. The van der Waals surface area contributed by atoms with Crippen LogP contribution in [0.1, 0.15) is 114 Å². The Morgan fingerprint density at radius 2 is 1.54 bits per heavy atom. The minimum absolute atomic E-state index is 0.0482. The molecule has 21 nitrogen and oxygen atoms in total. The predicted octanol–water partition coefficient (Wildman–Crippen LogP) is 8.93. The summed E-state index contributed by atoms with van der Waals surface area (Å²) >= 11 is 7.61. The molecule has 0 saturated heterocycles. The molecule has 8 N–H and O–H groups in total. The zero-order valence-electron chi connectivity index (χ0n) is 43.9. The third-order valence-corrected chi connectivity index (χ3v) is 18.3. The number of aliphatic hydroxyl groups excluding tert-OH is 1. The van der Waals surface area contributed by atoms with Crippen molar-refractivity contribution in [2.24, 2.45) is 11.7 Å². The lowest BCUT2D eigenvalue weighted by Gasteiger charge is -2.23. The van der Waals surface area contributed by atoms with E-state index in [1.165, 1.54) is 75.1 Å². The molecule has 1 aromatic carbocycles. The van der Waals surface area contributed by atoms with Gasteiger partial charge in [0.2, 0.25) is 11.8 Å². The van der Waals surface area contributed by atoms with Crippen molar-refractivity contribution in [1.82, 2.24) is 56.2 Å². The number of carbonyl (C=O) groups excluding carboxylic acids is 5. The minimum Gasteiger partial charge on any atom is -0.449 e. The molecule has 0 aliphatic carbocycles. The van der Waals surface area contributed by atoms with Gasteiger partial charge in [0.15, 0.2) is 5.78 Å². The topological polar surface area (TPSA) is 300 Å². The molecule has 416 valence electrons. The molecule has 7 aromatic heterocycles. The van der Waals surface area contributed by atoms with E-state index >= 15 is 0 Å². The fraction of sp³-hybridized carbons (Fsp3) is 0.321. The van der Waals surface area contributed by atoms with E-state index in [1.807, 2.05) is 25.3 Å². The Kier molecular flexibility index (Phi) is 18.7. The molecule has 8 aromatic rings. The molecule has 9 rings (SSSR count). The van der Waals surface area contributed by atoms with Crippen molar-refractivity contribution < 1.29 is 38.6 Å². The standard InChI is InChI=1S/C53H55N13O8S6/c1-25(2)30-17-36(67)42-27(4)79-51(66-42)32(18-39(68)55-5)58-46(71)34-22-75-47(60-34)29-13-14-31(49-62-38(24-78-49)63-53(72)74-16-10-15-54)57-43(29)33-21-76-50(59-33)35-23-77-52(61-35)44(45(70)28-11-8-7-9-12-28)64-40(69)19-56-26(3)41-37(20-73-6)80-48(30)65-41/h7-9,11-14,21-25,30,32,44-45,56,70H,3,10,15-20,54H2,1-2,4-6H3,(H,55,68)(H,58,71)(H,63,72)(H,64,69)/t30-,32+,44+,45+/m1/s1. The number of thiazole rings is 6. The Morgan fingerprint density at radius 3 is 2.30 bits per heavy atom. The zero-order chi connectivity index (χ0) is 56.6. The number of Topliss-reactive ketones (excluding diaryl/α,β-unsaturated/α-hetero) is 1. The van der Waals surface area contributed by atoms with Gasteiger partial charge in [-0.05, 0) is 43.5 Å². The van der Waals surface area contributed by atoms with Crippen LogP contribution in [0.4, 0.5) is 10.6 Å². The van der Waals surface area contributed by atoms with Crippen LogP contribution in [-0.4, -0.2) is 103 Å². The van der Waals surface area contributed by atoms with E-state index in [-0.39, 0.29) is 73.3 Å². The van der Waals surface area contributed by atoms with E-state index in [0.717, 1.165) is 4.88 Å². The number of carbonyl (C=O) groups is 5. The summed E-state index contributed by atoms with van der Waals surface area (Å²) in [6.45, 7) is 10.5. The van der Waals surface area contributed by atoms with Crippen LogP contribution in [0.25, 0.3) is 49.1 Å². The number of benzene rings is 1. The molecular formula is C53H55N13O8S6. The van der Waals surface area contributed by atoms with Crippen LogP contribution in [0.15, 0.2) is 70.6 Å². The lowest BCUT2D eigenvalue weighted by Crippen LogP contribution is -2.38. The fourth-order valence-electron chi connectivity index (χ4n) is 8.37. The highest BCUT2D eigenvalue weighted by Crippen LogP contribution is 2.41. The van der Waals surface area contributed by atoms with Crippen molar-refractivity contribution in [3.8, 4) is 43.4 Å². The molecule has 10 bridgehead atoms. The number of hydrogen-bond donors (Lipinski definition) is 7. The number of anilines is 1. The summed E-state index contributed by atoms with van der Waals surface area (Å²) in [5, 5.41) is 36.0. The maximum Gasteiger partial charge on any atom is 0.412 e. The number of nitrogens with zero attached hydrogens (tertiary/aromatic N) is 7. The summed E-state index contributed by atoms with van der Waals surface area (Å²) in [5.74, 6) is -1.78. The Balaban J connectivity index is 1.12. The van der Waals surface area contributed by atoms with E-state index < -0.39 is 36.1 Å². The van der Waals surface area contributed by atoms with Crippen molar-refractivity contribution in [2.75, 3.05) is 39.2 Å². The maximum absolute atomic E-state index is 14.4. The number of rotatable bonds is 12. The minimum atomic E-state index is -1.20. The quantitative estimate of drug-likeness (QED) is 0.0562. The average Bonchev–Trinajstić information content (AvgIpc) is 4.40. The molecule has 4 amide bonds. The molecule has 0 spiro atoms. The van der Waals surface area contributed by atoms with E-state index in [4.69, 9.17) is 45.1 Å². The van der Waals surface area contributed by atoms with Gasteiger partial charge in [0.25, 0.3) is 5.91 Å². The van der Waals surface area contributed by atoms with Gasteiger partial charge in [-0.2, -0.15) is 0 Å². The first-order chi connectivity index (χ1) is 38.6. The van der Waals surface area contributed by atoms with Crippen LogP contribution in [0.2, 0.25) is 0 Å². The second-order valence-electron chi connectivity index (χ2n) is 18.5. The lowest BCUT2D eigenvalue weighted by atomic mass is 9.90. The van der Waals surface area contributed by atoms with Crippen LogP contribution in [-0.2, 0) is 25.7 Å². The lowest BCUT2D eigenvalue weighted by molar-refractivity contribution is -0.122. The number of aromatic nitrogens is 7. The van der Waals surface area contributed by atoms with Crippen molar-refractivity contribution in [3.63, 3.8) is 0 Å². The second kappa shape index (κ2) is 26.0. The van der Waals surface area contributed by atoms with Crippen molar-refractivity contribution in [1.29, 1.82) is 0 Å². The fourth-order valence-corrected chi connectivity index (χ4v) is 14.0.